The molecule has 0 atom stereocenters. The molecule has 82 valence electrons. The van der Waals surface area contributed by atoms with E-state index in [0.29, 0.717) is 9.39 Å². The van der Waals surface area contributed by atoms with Gasteiger partial charge >= 0.3 is 0 Å². The molecule has 0 spiro atoms. The molecule has 0 aliphatic rings. The summed E-state index contributed by atoms with van der Waals surface area (Å²) in [5.74, 6) is 2.57. The molecule has 0 unspecified atom stereocenters. The predicted molar refractivity (Wildman–Crippen MR) is 73.6 cm³/mol. The van der Waals surface area contributed by atoms with Gasteiger partial charge in [-0.25, -0.2) is 4.98 Å². The molecule has 0 aliphatic heterocycles. The Morgan fingerprint density at radius 2 is 2.53 bits per heavy atom. The van der Waals surface area contributed by atoms with Crippen molar-refractivity contribution in [3.8, 4) is 0 Å². The van der Waals surface area contributed by atoms with Crippen molar-refractivity contribution in [1.82, 2.24) is 9.97 Å². The van der Waals surface area contributed by atoms with Crippen LogP contribution in [0.5, 0.6) is 0 Å². The van der Waals surface area contributed by atoms with Crippen LogP contribution in [0.4, 0.5) is 5.82 Å². The van der Waals surface area contributed by atoms with Crippen LogP contribution in [-0.4, -0.2) is 28.0 Å². The monoisotopic (exact) mass is 337 g/mol. The summed E-state index contributed by atoms with van der Waals surface area (Å²) >= 11 is 3.77. The molecule has 0 aliphatic carbocycles. The summed E-state index contributed by atoms with van der Waals surface area (Å²) in [6, 6.07) is 0. The van der Waals surface area contributed by atoms with Gasteiger partial charge in [-0.3, -0.25) is 4.79 Å². The quantitative estimate of drug-likeness (QED) is 0.471. The second-order valence-electron chi connectivity index (χ2n) is 2.68. The molecular formula is C9H12IN3OS. The number of nitrogens with zero attached hydrogens (tertiary/aromatic N) is 1. The molecule has 1 aromatic rings. The van der Waals surface area contributed by atoms with Crippen LogP contribution >= 0.6 is 34.4 Å². The van der Waals surface area contributed by atoms with Crippen molar-refractivity contribution in [3.05, 3.63) is 32.9 Å². The molecule has 2 N–H and O–H groups in total. The molecule has 0 bridgehead atoms. The number of anilines is 1. The average molecular weight is 337 g/mol. The van der Waals surface area contributed by atoms with Gasteiger partial charge in [-0.15, -0.1) is 6.58 Å². The fourth-order valence-corrected chi connectivity index (χ4v) is 1.98. The van der Waals surface area contributed by atoms with Gasteiger partial charge in [0.2, 0.25) is 0 Å². The Labute approximate surface area is 106 Å². The second-order valence-corrected chi connectivity index (χ2v) is 4.91. The smallest absolute Gasteiger partial charge is 0.266 e. The maximum absolute atomic E-state index is 11.2. The number of hydrogen-bond acceptors (Lipinski definition) is 4. The minimum Gasteiger partial charge on any atom is -0.368 e. The van der Waals surface area contributed by atoms with Crippen molar-refractivity contribution in [2.24, 2.45) is 0 Å². The first-order chi connectivity index (χ1) is 7.25. The summed E-state index contributed by atoms with van der Waals surface area (Å²) in [7, 11) is 0. The summed E-state index contributed by atoms with van der Waals surface area (Å²) < 4.78 is 0.601. The Balaban J connectivity index is 2.41. The van der Waals surface area contributed by atoms with Gasteiger partial charge < -0.3 is 10.3 Å². The first-order valence-corrected chi connectivity index (χ1v) is 6.64. The number of aromatic amines is 1. The van der Waals surface area contributed by atoms with Crippen molar-refractivity contribution >= 4 is 40.2 Å². The molecule has 1 aromatic heterocycles. The van der Waals surface area contributed by atoms with Crippen molar-refractivity contribution in [2.45, 2.75) is 0 Å². The van der Waals surface area contributed by atoms with Crippen LogP contribution < -0.4 is 10.9 Å². The Hall–Kier alpha value is -0.500. The van der Waals surface area contributed by atoms with Crippen molar-refractivity contribution in [1.29, 1.82) is 0 Å². The van der Waals surface area contributed by atoms with Gasteiger partial charge in [0.1, 0.15) is 9.39 Å². The number of halogens is 1. The molecule has 15 heavy (non-hydrogen) atoms. The van der Waals surface area contributed by atoms with Crippen LogP contribution in [0.25, 0.3) is 0 Å². The van der Waals surface area contributed by atoms with E-state index in [2.05, 4.69) is 21.9 Å². The summed E-state index contributed by atoms with van der Waals surface area (Å²) in [6.45, 7) is 4.44. The minimum absolute atomic E-state index is 0.105. The van der Waals surface area contributed by atoms with E-state index >= 15 is 0 Å². The lowest BCUT2D eigenvalue weighted by Crippen LogP contribution is -2.16. The topological polar surface area (TPSA) is 57.8 Å². The van der Waals surface area contributed by atoms with Gasteiger partial charge in [0.25, 0.3) is 5.56 Å². The Kier molecular flexibility index (Phi) is 5.77. The van der Waals surface area contributed by atoms with E-state index in [1.807, 2.05) is 28.7 Å². The number of H-pyrrole nitrogens is 1. The SMILES string of the molecule is C=CCSCCNc1nc[nH]c(=O)c1I. The van der Waals surface area contributed by atoms with Gasteiger partial charge in [-0.1, -0.05) is 6.08 Å². The summed E-state index contributed by atoms with van der Waals surface area (Å²) in [6.07, 6.45) is 3.28. The van der Waals surface area contributed by atoms with Crippen LogP contribution in [0.2, 0.25) is 0 Å². The molecule has 1 rings (SSSR count). The zero-order valence-electron chi connectivity index (χ0n) is 8.12. The Bertz CT molecular complexity index is 380. The van der Waals surface area contributed by atoms with Gasteiger partial charge in [0.05, 0.1) is 6.33 Å². The van der Waals surface area contributed by atoms with E-state index < -0.39 is 0 Å². The zero-order chi connectivity index (χ0) is 11.1. The number of nitrogens with one attached hydrogen (secondary N) is 2. The third kappa shape index (κ3) is 4.25. The van der Waals surface area contributed by atoms with Crippen LogP contribution in [0.3, 0.4) is 0 Å². The molecular weight excluding hydrogens is 325 g/mol. The van der Waals surface area contributed by atoms with Gasteiger partial charge in [0, 0.05) is 18.1 Å². The first kappa shape index (κ1) is 12.6. The molecule has 0 saturated heterocycles. The number of hydrogen-bond donors (Lipinski definition) is 2. The fourth-order valence-electron chi connectivity index (χ4n) is 0.915. The highest BCUT2D eigenvalue weighted by molar-refractivity contribution is 14.1. The summed E-state index contributed by atoms with van der Waals surface area (Å²) in [5, 5.41) is 3.12. The van der Waals surface area contributed by atoms with Crippen LogP contribution in [0.1, 0.15) is 0 Å². The van der Waals surface area contributed by atoms with E-state index in [-0.39, 0.29) is 5.56 Å². The molecule has 0 radical (unpaired) electrons. The Morgan fingerprint density at radius 3 is 3.27 bits per heavy atom. The minimum atomic E-state index is -0.105. The number of rotatable bonds is 6. The highest BCUT2D eigenvalue weighted by atomic mass is 127. The molecule has 0 aromatic carbocycles. The molecule has 0 fully saturated rings. The number of aromatic nitrogens is 2. The lowest BCUT2D eigenvalue weighted by molar-refractivity contribution is 1.07. The van der Waals surface area contributed by atoms with E-state index in [9.17, 15) is 4.79 Å². The second kappa shape index (κ2) is 6.89. The zero-order valence-corrected chi connectivity index (χ0v) is 11.1. The third-order valence-electron chi connectivity index (χ3n) is 1.57. The highest BCUT2D eigenvalue weighted by Gasteiger charge is 2.03. The van der Waals surface area contributed by atoms with Crippen molar-refractivity contribution < 1.29 is 0 Å². The normalized spacial score (nSPS) is 9.93. The van der Waals surface area contributed by atoms with Gasteiger partial charge in [0.15, 0.2) is 0 Å². The van der Waals surface area contributed by atoms with E-state index in [1.165, 1.54) is 6.33 Å². The largest absolute Gasteiger partial charge is 0.368 e. The van der Waals surface area contributed by atoms with Crippen LogP contribution in [0.15, 0.2) is 23.8 Å². The summed E-state index contributed by atoms with van der Waals surface area (Å²) in [5.41, 5.74) is -0.105. The Morgan fingerprint density at radius 1 is 1.73 bits per heavy atom. The molecule has 0 amide bonds. The highest BCUT2D eigenvalue weighted by Crippen LogP contribution is 2.08. The van der Waals surface area contributed by atoms with Crippen molar-refractivity contribution in [3.63, 3.8) is 0 Å². The third-order valence-corrected chi connectivity index (χ3v) is 3.54. The van der Waals surface area contributed by atoms with Crippen LogP contribution in [0, 0.1) is 3.57 Å². The molecule has 6 heteroatoms. The standard InChI is InChI=1S/C9H12IN3OS/c1-2-4-15-5-3-11-8-7(10)9(14)13-6-12-8/h2,6H,1,3-5H2,(H2,11,12,13,14). The lowest BCUT2D eigenvalue weighted by Gasteiger charge is -2.05. The molecule has 4 nitrogen and oxygen atoms in total. The lowest BCUT2D eigenvalue weighted by atomic mass is 10.5. The predicted octanol–water partition coefficient (Wildman–Crippen LogP) is 1.71. The molecule has 0 saturated carbocycles. The maximum Gasteiger partial charge on any atom is 0.266 e. The summed E-state index contributed by atoms with van der Waals surface area (Å²) in [4.78, 5) is 17.8. The van der Waals surface area contributed by atoms with Gasteiger partial charge in [-0.2, -0.15) is 11.8 Å². The van der Waals surface area contributed by atoms with Gasteiger partial charge in [-0.05, 0) is 22.6 Å². The van der Waals surface area contributed by atoms with Crippen LogP contribution in [-0.2, 0) is 0 Å². The van der Waals surface area contributed by atoms with E-state index in [1.54, 1.807) is 11.8 Å². The van der Waals surface area contributed by atoms with E-state index in [0.717, 1.165) is 18.1 Å². The maximum atomic E-state index is 11.2. The average Bonchev–Trinajstić information content (AvgIpc) is 2.24. The fraction of sp³-hybridized carbons (Fsp3) is 0.333. The number of thioether (sulfide) groups is 1. The first-order valence-electron chi connectivity index (χ1n) is 4.41. The van der Waals surface area contributed by atoms with Crippen molar-refractivity contribution in [2.75, 3.05) is 23.4 Å². The van der Waals surface area contributed by atoms with E-state index in [4.69, 9.17) is 0 Å². The molecule has 1 heterocycles.